The molecule has 1 heterocycles. The van der Waals surface area contributed by atoms with Crippen LogP contribution in [0.1, 0.15) is 31.4 Å². The van der Waals surface area contributed by atoms with Gasteiger partial charge in [-0.15, -0.1) is 0 Å². The monoisotopic (exact) mass is 301 g/mol. The minimum Gasteiger partial charge on any atom is -0.310 e. The molecule has 0 saturated carbocycles. The van der Waals surface area contributed by atoms with Crippen molar-refractivity contribution in [3.63, 3.8) is 0 Å². The summed E-state index contributed by atoms with van der Waals surface area (Å²) in [6, 6.07) is 6.42. The number of nitrogens with one attached hydrogen (secondary N) is 1. The lowest BCUT2D eigenvalue weighted by Crippen LogP contribution is -2.28. The van der Waals surface area contributed by atoms with Crippen molar-refractivity contribution in [2.24, 2.45) is 0 Å². The smallest absolute Gasteiger partial charge is 0.0533 e. The van der Waals surface area contributed by atoms with Crippen LogP contribution in [0.3, 0.4) is 0 Å². The molecule has 0 aromatic heterocycles. The molecule has 0 amide bonds. The van der Waals surface area contributed by atoms with E-state index in [-0.39, 0.29) is 0 Å². The highest BCUT2D eigenvalue weighted by molar-refractivity contribution is 9.10. The number of fused-ring (bicyclic) bond motifs is 1. The van der Waals surface area contributed by atoms with Gasteiger partial charge in [-0.25, -0.2) is 0 Å². The molecule has 0 fully saturated rings. The van der Waals surface area contributed by atoms with Gasteiger partial charge in [-0.05, 0) is 43.1 Å². The van der Waals surface area contributed by atoms with E-state index in [9.17, 15) is 4.21 Å². The van der Waals surface area contributed by atoms with Crippen LogP contribution >= 0.6 is 15.9 Å². The predicted octanol–water partition coefficient (Wildman–Crippen LogP) is 3.00. The van der Waals surface area contributed by atoms with Gasteiger partial charge in [-0.1, -0.05) is 22.9 Å². The minimum atomic E-state index is -0.810. The lowest BCUT2D eigenvalue weighted by molar-refractivity contribution is 0.504. The summed E-state index contributed by atoms with van der Waals surface area (Å²) in [4.78, 5) is 1.00. The standard InChI is InChI=1S/C12H16BrNOS/c1-2-6-14-11-5-7-16(15)12-4-3-9(13)8-10(11)12/h3-4,8,11,14H,2,5-7H2,1H3. The van der Waals surface area contributed by atoms with Crippen LogP contribution in [0.15, 0.2) is 27.6 Å². The van der Waals surface area contributed by atoms with Crippen LogP contribution in [0.4, 0.5) is 0 Å². The maximum absolute atomic E-state index is 11.9. The molecule has 1 N–H and O–H groups in total. The first kappa shape index (κ1) is 12.3. The van der Waals surface area contributed by atoms with E-state index in [2.05, 4.69) is 34.2 Å². The molecule has 0 bridgehead atoms. The molecule has 1 aliphatic rings. The van der Waals surface area contributed by atoms with Crippen LogP contribution < -0.4 is 5.32 Å². The van der Waals surface area contributed by atoms with Crippen molar-refractivity contribution in [1.29, 1.82) is 0 Å². The Labute approximate surface area is 107 Å². The van der Waals surface area contributed by atoms with Crippen LogP contribution in [-0.4, -0.2) is 16.5 Å². The highest BCUT2D eigenvalue weighted by Crippen LogP contribution is 2.32. The van der Waals surface area contributed by atoms with E-state index in [1.165, 1.54) is 5.56 Å². The van der Waals surface area contributed by atoms with Crippen LogP contribution in [0.25, 0.3) is 0 Å². The summed E-state index contributed by atoms with van der Waals surface area (Å²) in [7, 11) is -0.810. The Balaban J connectivity index is 2.30. The summed E-state index contributed by atoms with van der Waals surface area (Å²) in [5.74, 6) is 0.774. The van der Waals surface area contributed by atoms with Gasteiger partial charge in [0.2, 0.25) is 0 Å². The highest BCUT2D eigenvalue weighted by atomic mass is 79.9. The van der Waals surface area contributed by atoms with E-state index in [4.69, 9.17) is 0 Å². The molecule has 0 saturated heterocycles. The third kappa shape index (κ3) is 2.55. The second kappa shape index (κ2) is 5.43. The van der Waals surface area contributed by atoms with Crippen molar-refractivity contribution in [3.05, 3.63) is 28.2 Å². The molecule has 2 nitrogen and oxygen atoms in total. The number of rotatable bonds is 3. The van der Waals surface area contributed by atoms with E-state index in [1.807, 2.05) is 12.1 Å². The van der Waals surface area contributed by atoms with E-state index in [1.54, 1.807) is 0 Å². The van der Waals surface area contributed by atoms with Crippen molar-refractivity contribution in [1.82, 2.24) is 5.32 Å². The van der Waals surface area contributed by atoms with Gasteiger partial charge in [-0.3, -0.25) is 4.21 Å². The van der Waals surface area contributed by atoms with E-state index >= 15 is 0 Å². The van der Waals surface area contributed by atoms with Crippen molar-refractivity contribution < 1.29 is 4.21 Å². The van der Waals surface area contributed by atoms with Gasteiger partial charge in [0.25, 0.3) is 0 Å². The number of benzene rings is 1. The van der Waals surface area contributed by atoms with Crippen LogP contribution in [0.5, 0.6) is 0 Å². The molecule has 2 rings (SSSR count). The lowest BCUT2D eigenvalue weighted by atomic mass is 10.0. The van der Waals surface area contributed by atoms with Crippen molar-refractivity contribution >= 4 is 26.7 Å². The number of hydrogen-bond donors (Lipinski definition) is 1. The molecule has 1 aliphatic heterocycles. The average Bonchev–Trinajstić information content (AvgIpc) is 2.28. The fourth-order valence-corrected chi connectivity index (χ4v) is 3.75. The van der Waals surface area contributed by atoms with E-state index in [0.29, 0.717) is 6.04 Å². The third-order valence-electron chi connectivity index (χ3n) is 2.83. The van der Waals surface area contributed by atoms with Crippen LogP contribution in [-0.2, 0) is 10.8 Å². The molecule has 1 aromatic rings. The summed E-state index contributed by atoms with van der Waals surface area (Å²) >= 11 is 3.48. The van der Waals surface area contributed by atoms with Crippen molar-refractivity contribution in [2.75, 3.05) is 12.3 Å². The number of halogens is 1. The highest BCUT2D eigenvalue weighted by Gasteiger charge is 2.24. The molecule has 0 spiro atoms. The summed E-state index contributed by atoms with van der Waals surface area (Å²) in [6.45, 7) is 3.18. The Morgan fingerprint density at radius 1 is 1.56 bits per heavy atom. The van der Waals surface area contributed by atoms with Gasteiger partial charge >= 0.3 is 0 Å². The molecule has 16 heavy (non-hydrogen) atoms. The predicted molar refractivity (Wildman–Crippen MR) is 71.1 cm³/mol. The Kier molecular flexibility index (Phi) is 4.16. The SMILES string of the molecule is CCCNC1CCS(=O)c2ccc(Br)cc21. The quantitative estimate of drug-likeness (QED) is 0.930. The molecule has 2 unspecified atom stereocenters. The van der Waals surface area contributed by atoms with Crippen molar-refractivity contribution in [3.8, 4) is 0 Å². The third-order valence-corrected chi connectivity index (χ3v) is 4.79. The van der Waals surface area contributed by atoms with Crippen LogP contribution in [0.2, 0.25) is 0 Å². The average molecular weight is 302 g/mol. The zero-order chi connectivity index (χ0) is 11.5. The molecule has 88 valence electrons. The zero-order valence-electron chi connectivity index (χ0n) is 9.33. The normalized spacial score (nSPS) is 24.1. The fraction of sp³-hybridized carbons (Fsp3) is 0.500. The van der Waals surface area contributed by atoms with Gasteiger partial charge in [0, 0.05) is 21.2 Å². The summed E-state index contributed by atoms with van der Waals surface area (Å²) in [5.41, 5.74) is 1.20. The summed E-state index contributed by atoms with van der Waals surface area (Å²) < 4.78 is 12.9. The summed E-state index contributed by atoms with van der Waals surface area (Å²) in [6.07, 6.45) is 2.10. The summed E-state index contributed by atoms with van der Waals surface area (Å²) in [5, 5.41) is 3.52. The van der Waals surface area contributed by atoms with Crippen molar-refractivity contribution in [2.45, 2.75) is 30.7 Å². The topological polar surface area (TPSA) is 29.1 Å². The van der Waals surface area contributed by atoms with Gasteiger partial charge in [0.05, 0.1) is 10.8 Å². The second-order valence-corrected chi connectivity index (χ2v) is 6.48. The fourth-order valence-electron chi connectivity index (χ4n) is 2.02. The van der Waals surface area contributed by atoms with Gasteiger partial charge < -0.3 is 5.32 Å². The van der Waals surface area contributed by atoms with Gasteiger partial charge in [-0.2, -0.15) is 0 Å². The molecule has 0 aliphatic carbocycles. The molecule has 2 atom stereocenters. The molecule has 0 radical (unpaired) electrons. The lowest BCUT2D eigenvalue weighted by Gasteiger charge is -2.26. The Morgan fingerprint density at radius 2 is 2.38 bits per heavy atom. The number of hydrogen-bond acceptors (Lipinski definition) is 2. The largest absolute Gasteiger partial charge is 0.310 e. The van der Waals surface area contributed by atoms with Gasteiger partial charge in [0.15, 0.2) is 0 Å². The molecular weight excluding hydrogens is 286 g/mol. The molecule has 1 aromatic carbocycles. The zero-order valence-corrected chi connectivity index (χ0v) is 11.7. The first-order valence-electron chi connectivity index (χ1n) is 5.63. The second-order valence-electron chi connectivity index (χ2n) is 4.03. The van der Waals surface area contributed by atoms with Crippen LogP contribution in [0, 0.1) is 0 Å². The maximum atomic E-state index is 11.9. The minimum absolute atomic E-state index is 0.366. The molecule has 4 heteroatoms. The Hall–Kier alpha value is -0.190. The van der Waals surface area contributed by atoms with E-state index < -0.39 is 10.8 Å². The first-order valence-corrected chi connectivity index (χ1v) is 7.74. The maximum Gasteiger partial charge on any atom is 0.0533 e. The Bertz CT molecular complexity index is 408. The molecular formula is C12H16BrNOS. The van der Waals surface area contributed by atoms with Gasteiger partial charge in [0.1, 0.15) is 0 Å². The first-order chi connectivity index (χ1) is 7.72. The Morgan fingerprint density at radius 3 is 3.12 bits per heavy atom. The van der Waals surface area contributed by atoms with E-state index in [0.717, 1.165) is 34.5 Å².